The summed E-state index contributed by atoms with van der Waals surface area (Å²) < 4.78 is 7.61. The van der Waals surface area contributed by atoms with E-state index in [4.69, 9.17) is 14.7 Å². The van der Waals surface area contributed by atoms with Crippen molar-refractivity contribution in [3.8, 4) is 40.2 Å². The van der Waals surface area contributed by atoms with Crippen LogP contribution in [-0.2, 0) is 4.79 Å². The minimum atomic E-state index is -0.388. The van der Waals surface area contributed by atoms with Crippen molar-refractivity contribution in [2.24, 2.45) is 0 Å². The molecule has 0 spiro atoms. The molecule has 0 saturated carbocycles. The Kier molecular flexibility index (Phi) is 7.56. The molecule has 0 aliphatic carbocycles. The number of methoxy groups -OCH3 is 1. The van der Waals surface area contributed by atoms with Gasteiger partial charge in [0.1, 0.15) is 22.9 Å². The fourth-order valence-electron chi connectivity index (χ4n) is 5.01. The van der Waals surface area contributed by atoms with Gasteiger partial charge in [-0.15, -0.1) is 0 Å². The fourth-order valence-corrected chi connectivity index (χ4v) is 5.01. The minimum Gasteiger partial charge on any atom is -0.481 e. The Labute approximate surface area is 249 Å². The third-order valence-electron chi connectivity index (χ3n) is 7.40. The van der Waals surface area contributed by atoms with E-state index in [9.17, 15) is 4.79 Å². The number of nitrogens with one attached hydrogen (secondary N) is 2. The first-order chi connectivity index (χ1) is 21.0. The van der Waals surface area contributed by atoms with Gasteiger partial charge in [0.15, 0.2) is 0 Å². The predicted octanol–water partition coefficient (Wildman–Crippen LogP) is 5.87. The molecule has 1 amide bonds. The lowest BCUT2D eigenvalue weighted by atomic mass is 10.0. The zero-order valence-electron chi connectivity index (χ0n) is 24.3. The molecule has 0 aliphatic rings. The molecule has 8 heteroatoms. The SMILES string of the molecule is CN[C@@H](C)C(=O)Nc1ccc(-c2c(-c3cccnc3OC)nc3ccccn23)c(C#Cc2ccc3c(C)cccc3c2)n1. The van der Waals surface area contributed by atoms with E-state index in [1.165, 1.54) is 10.9 Å². The van der Waals surface area contributed by atoms with E-state index in [0.717, 1.165) is 33.4 Å². The molecular formula is C35H30N6O2. The second-order valence-corrected chi connectivity index (χ2v) is 10.2. The Balaban J connectivity index is 1.55. The maximum atomic E-state index is 12.7. The molecule has 0 unspecified atom stereocenters. The number of hydrogen-bond acceptors (Lipinski definition) is 6. The van der Waals surface area contributed by atoms with Gasteiger partial charge in [-0.05, 0) is 91.7 Å². The zero-order chi connectivity index (χ0) is 29.9. The molecule has 0 aliphatic heterocycles. The molecule has 0 fully saturated rings. The van der Waals surface area contributed by atoms with E-state index in [1.54, 1.807) is 33.3 Å². The number of likely N-dealkylation sites (N-methyl/N-ethyl adjacent to an activating group) is 1. The number of carbonyl (C=O) groups excluding carboxylic acids is 1. The number of carbonyl (C=O) groups is 1. The van der Waals surface area contributed by atoms with Gasteiger partial charge >= 0.3 is 0 Å². The third-order valence-corrected chi connectivity index (χ3v) is 7.40. The van der Waals surface area contributed by atoms with Crippen molar-refractivity contribution >= 4 is 28.1 Å². The molecule has 0 radical (unpaired) electrons. The number of hydrogen-bond donors (Lipinski definition) is 2. The number of imidazole rings is 1. The molecule has 6 rings (SSSR count). The van der Waals surface area contributed by atoms with E-state index in [2.05, 4.69) is 58.6 Å². The number of benzene rings is 2. The lowest BCUT2D eigenvalue weighted by Crippen LogP contribution is -2.35. The van der Waals surface area contributed by atoms with Gasteiger partial charge in [0.05, 0.1) is 24.4 Å². The molecule has 4 heterocycles. The van der Waals surface area contributed by atoms with Crippen LogP contribution in [0.25, 0.3) is 38.9 Å². The van der Waals surface area contributed by atoms with Crippen molar-refractivity contribution in [2.75, 3.05) is 19.5 Å². The van der Waals surface area contributed by atoms with Crippen LogP contribution in [0.2, 0.25) is 0 Å². The topological polar surface area (TPSA) is 93.4 Å². The highest BCUT2D eigenvalue weighted by Crippen LogP contribution is 2.37. The van der Waals surface area contributed by atoms with Crippen LogP contribution in [0.5, 0.6) is 5.88 Å². The van der Waals surface area contributed by atoms with E-state index in [1.807, 2.05) is 59.1 Å². The van der Waals surface area contributed by atoms with Crippen molar-refractivity contribution in [2.45, 2.75) is 19.9 Å². The largest absolute Gasteiger partial charge is 0.481 e. The number of pyridine rings is 3. The maximum absolute atomic E-state index is 12.7. The molecule has 4 aromatic heterocycles. The van der Waals surface area contributed by atoms with E-state index in [-0.39, 0.29) is 11.9 Å². The molecule has 43 heavy (non-hydrogen) atoms. The second kappa shape index (κ2) is 11.8. The summed E-state index contributed by atoms with van der Waals surface area (Å²) in [5.74, 6) is 7.30. The fraction of sp³-hybridized carbons (Fsp3) is 0.143. The summed E-state index contributed by atoms with van der Waals surface area (Å²) in [5, 5.41) is 8.17. The van der Waals surface area contributed by atoms with Crippen LogP contribution in [0.15, 0.2) is 91.3 Å². The maximum Gasteiger partial charge on any atom is 0.242 e. The number of aromatic nitrogens is 4. The average Bonchev–Trinajstić information content (AvgIpc) is 3.42. The van der Waals surface area contributed by atoms with Gasteiger partial charge in [-0.3, -0.25) is 9.20 Å². The van der Waals surface area contributed by atoms with Gasteiger partial charge in [-0.1, -0.05) is 36.3 Å². The van der Waals surface area contributed by atoms with Crippen molar-refractivity contribution < 1.29 is 9.53 Å². The quantitative estimate of drug-likeness (QED) is 0.245. The summed E-state index contributed by atoms with van der Waals surface area (Å²) >= 11 is 0. The lowest BCUT2D eigenvalue weighted by Gasteiger charge is -2.13. The van der Waals surface area contributed by atoms with E-state index >= 15 is 0 Å². The first-order valence-electron chi connectivity index (χ1n) is 13.9. The van der Waals surface area contributed by atoms with Crippen molar-refractivity contribution in [3.05, 3.63) is 108 Å². The van der Waals surface area contributed by atoms with E-state index in [0.29, 0.717) is 23.1 Å². The molecule has 1 atom stereocenters. The number of ether oxygens (including phenoxy) is 1. The normalized spacial score (nSPS) is 11.6. The number of nitrogens with zero attached hydrogens (tertiary/aromatic N) is 4. The molecule has 212 valence electrons. The summed E-state index contributed by atoms with van der Waals surface area (Å²) in [5.41, 5.74) is 6.28. The molecule has 0 bridgehead atoms. The first-order valence-corrected chi connectivity index (χ1v) is 13.9. The van der Waals surface area contributed by atoms with Crippen LogP contribution in [0.3, 0.4) is 0 Å². The molecule has 0 saturated heterocycles. The summed E-state index contributed by atoms with van der Waals surface area (Å²) in [7, 11) is 3.33. The Morgan fingerprint density at radius 3 is 2.67 bits per heavy atom. The minimum absolute atomic E-state index is 0.192. The Morgan fingerprint density at radius 2 is 1.84 bits per heavy atom. The van der Waals surface area contributed by atoms with Crippen molar-refractivity contribution in [1.29, 1.82) is 0 Å². The number of anilines is 1. The molecule has 6 aromatic rings. The highest BCUT2D eigenvalue weighted by Gasteiger charge is 2.22. The molecule has 8 nitrogen and oxygen atoms in total. The zero-order valence-corrected chi connectivity index (χ0v) is 24.3. The van der Waals surface area contributed by atoms with Gasteiger partial charge in [0.2, 0.25) is 11.8 Å². The average molecular weight is 567 g/mol. The Hall–Kier alpha value is -5.52. The van der Waals surface area contributed by atoms with Crippen LogP contribution in [0.4, 0.5) is 5.82 Å². The van der Waals surface area contributed by atoms with Gasteiger partial charge in [-0.25, -0.2) is 15.0 Å². The highest BCUT2D eigenvalue weighted by atomic mass is 16.5. The Morgan fingerprint density at radius 1 is 0.953 bits per heavy atom. The summed E-state index contributed by atoms with van der Waals surface area (Å²) in [6.07, 6.45) is 3.64. The third kappa shape index (κ3) is 5.42. The summed E-state index contributed by atoms with van der Waals surface area (Å²) in [6, 6.07) is 25.4. The van der Waals surface area contributed by atoms with Crippen LogP contribution in [-0.4, -0.2) is 45.5 Å². The van der Waals surface area contributed by atoms with Crippen LogP contribution < -0.4 is 15.4 Å². The molecular weight excluding hydrogens is 536 g/mol. The first kappa shape index (κ1) is 27.6. The summed E-state index contributed by atoms with van der Waals surface area (Å²) in [6.45, 7) is 3.89. The van der Waals surface area contributed by atoms with Gasteiger partial charge in [0, 0.05) is 23.5 Å². The smallest absolute Gasteiger partial charge is 0.242 e. The second-order valence-electron chi connectivity index (χ2n) is 10.2. The monoisotopic (exact) mass is 566 g/mol. The summed E-state index contributed by atoms with van der Waals surface area (Å²) in [4.78, 5) is 26.9. The Bertz CT molecular complexity index is 2050. The van der Waals surface area contributed by atoms with Crippen molar-refractivity contribution in [1.82, 2.24) is 24.7 Å². The number of aryl methyl sites for hydroxylation is 1. The van der Waals surface area contributed by atoms with Gasteiger partial charge < -0.3 is 15.4 Å². The van der Waals surface area contributed by atoms with Gasteiger partial charge in [-0.2, -0.15) is 0 Å². The molecule has 2 aromatic carbocycles. The standard InChI is InChI=1S/C35H30N6O2/c1-22-9-7-10-25-21-24(13-15-26(22)25)14-17-29-27(16-18-30(38-29)39-34(42)23(2)36-3)33-32(28-11-8-19-37-35(28)43-4)40-31-12-5-6-20-41(31)33/h5-13,15-16,18-21,23,36H,1-4H3,(H,38,39,42)/t23-/m0/s1. The number of rotatable bonds is 6. The lowest BCUT2D eigenvalue weighted by molar-refractivity contribution is -0.117. The predicted molar refractivity (Wildman–Crippen MR) is 170 cm³/mol. The number of fused-ring (bicyclic) bond motifs is 2. The highest BCUT2D eigenvalue weighted by molar-refractivity contribution is 5.94. The van der Waals surface area contributed by atoms with Crippen molar-refractivity contribution in [3.63, 3.8) is 0 Å². The van der Waals surface area contributed by atoms with Crippen LogP contribution >= 0.6 is 0 Å². The van der Waals surface area contributed by atoms with Crippen LogP contribution in [0.1, 0.15) is 23.7 Å². The van der Waals surface area contributed by atoms with Gasteiger partial charge in [0.25, 0.3) is 0 Å². The molecule has 2 N–H and O–H groups in total. The van der Waals surface area contributed by atoms with E-state index < -0.39 is 0 Å². The van der Waals surface area contributed by atoms with Crippen LogP contribution in [0, 0.1) is 18.8 Å². The number of amides is 1.